The molecule has 0 fully saturated rings. The van der Waals surface area contributed by atoms with E-state index in [1.807, 2.05) is 24.3 Å². The van der Waals surface area contributed by atoms with Gasteiger partial charge in [0.25, 0.3) is 0 Å². The lowest BCUT2D eigenvalue weighted by Gasteiger charge is -2.12. The molecule has 7 aromatic rings. The Morgan fingerprint density at radius 3 is 1.27 bits per heavy atom. The largest absolute Gasteiger partial charge is 0.497 e. The number of benzene rings is 6. The van der Waals surface area contributed by atoms with E-state index >= 15 is 0 Å². The van der Waals surface area contributed by atoms with E-state index in [4.69, 9.17) is 9.47 Å². The highest BCUT2D eigenvalue weighted by atomic mass is 16.5. The molecular formula is C37H31NO2. The molecule has 1 heterocycles. The molecule has 0 N–H and O–H groups in total. The first kappa shape index (κ1) is 24.3. The molecule has 1 aromatic heterocycles. The number of fused-ring (bicyclic) bond motifs is 7. The van der Waals surface area contributed by atoms with Crippen LogP contribution < -0.4 is 9.47 Å². The van der Waals surface area contributed by atoms with Crippen LogP contribution in [0.2, 0.25) is 0 Å². The highest BCUT2D eigenvalue weighted by Gasteiger charge is 2.22. The smallest absolute Gasteiger partial charge is 0.118 e. The van der Waals surface area contributed by atoms with Crippen LogP contribution in [0.4, 0.5) is 0 Å². The molecule has 0 aliphatic heterocycles. The molecule has 3 heteroatoms. The van der Waals surface area contributed by atoms with E-state index in [0.29, 0.717) is 0 Å². The van der Waals surface area contributed by atoms with Gasteiger partial charge in [-0.1, -0.05) is 71.8 Å². The van der Waals surface area contributed by atoms with Crippen LogP contribution in [0, 0.1) is 13.8 Å². The normalized spacial score (nSPS) is 11.6. The first-order valence-corrected chi connectivity index (χ1v) is 13.6. The second-order valence-corrected chi connectivity index (χ2v) is 10.8. The quantitative estimate of drug-likeness (QED) is 0.230. The van der Waals surface area contributed by atoms with Gasteiger partial charge >= 0.3 is 0 Å². The first-order valence-electron chi connectivity index (χ1n) is 13.6. The summed E-state index contributed by atoms with van der Waals surface area (Å²) >= 11 is 0. The van der Waals surface area contributed by atoms with Crippen molar-refractivity contribution in [3.63, 3.8) is 0 Å². The molecule has 0 radical (unpaired) electrons. The molecule has 0 aliphatic carbocycles. The van der Waals surface area contributed by atoms with Crippen LogP contribution in [-0.2, 0) is 7.05 Å². The Labute approximate surface area is 234 Å². The molecule has 0 aliphatic rings. The molecule has 40 heavy (non-hydrogen) atoms. The van der Waals surface area contributed by atoms with Gasteiger partial charge in [-0.3, -0.25) is 0 Å². The van der Waals surface area contributed by atoms with E-state index in [0.717, 1.165) is 11.5 Å². The Morgan fingerprint density at radius 1 is 0.500 bits per heavy atom. The molecule has 3 nitrogen and oxygen atoms in total. The minimum atomic E-state index is 0.858. The van der Waals surface area contributed by atoms with Crippen molar-refractivity contribution in [1.29, 1.82) is 0 Å². The van der Waals surface area contributed by atoms with Crippen molar-refractivity contribution in [3.8, 4) is 33.8 Å². The minimum Gasteiger partial charge on any atom is -0.497 e. The summed E-state index contributed by atoms with van der Waals surface area (Å²) in [5.74, 6) is 1.72. The third kappa shape index (κ3) is 3.65. The Bertz CT molecular complexity index is 1930. The zero-order chi connectivity index (χ0) is 27.5. The van der Waals surface area contributed by atoms with Gasteiger partial charge in [-0.2, -0.15) is 0 Å². The van der Waals surface area contributed by atoms with Crippen molar-refractivity contribution in [2.24, 2.45) is 7.05 Å². The molecule has 7 rings (SSSR count). The van der Waals surface area contributed by atoms with Gasteiger partial charge in [-0.15, -0.1) is 0 Å². The van der Waals surface area contributed by atoms with E-state index in [1.165, 1.54) is 76.7 Å². The second kappa shape index (κ2) is 9.17. The van der Waals surface area contributed by atoms with Crippen molar-refractivity contribution in [2.75, 3.05) is 14.2 Å². The number of rotatable bonds is 4. The van der Waals surface area contributed by atoms with Gasteiger partial charge in [0, 0.05) is 28.9 Å². The third-order valence-corrected chi connectivity index (χ3v) is 8.26. The highest BCUT2D eigenvalue weighted by molar-refractivity contribution is 6.32. The molecule has 0 spiro atoms. The zero-order valence-electron chi connectivity index (χ0n) is 23.5. The van der Waals surface area contributed by atoms with E-state index in [2.05, 4.69) is 98.3 Å². The topological polar surface area (TPSA) is 23.4 Å². The van der Waals surface area contributed by atoms with Gasteiger partial charge in [0.15, 0.2) is 0 Å². The highest BCUT2D eigenvalue weighted by Crippen LogP contribution is 2.46. The van der Waals surface area contributed by atoms with Gasteiger partial charge in [-0.05, 0) is 82.9 Å². The number of aromatic nitrogens is 1. The van der Waals surface area contributed by atoms with Gasteiger partial charge in [0.2, 0.25) is 0 Å². The summed E-state index contributed by atoms with van der Waals surface area (Å²) in [6, 6.07) is 35.2. The number of ether oxygens (including phenoxy) is 2. The number of nitrogens with zero attached hydrogens (tertiary/aromatic N) is 1. The monoisotopic (exact) mass is 521 g/mol. The maximum absolute atomic E-state index is 5.47. The summed E-state index contributed by atoms with van der Waals surface area (Å²) in [4.78, 5) is 0. The first-order chi connectivity index (χ1) is 19.5. The summed E-state index contributed by atoms with van der Waals surface area (Å²) in [6.45, 7) is 4.36. The van der Waals surface area contributed by atoms with Crippen LogP contribution in [0.15, 0.2) is 97.1 Å². The van der Waals surface area contributed by atoms with Crippen LogP contribution in [0.5, 0.6) is 11.5 Å². The average molecular weight is 522 g/mol. The van der Waals surface area contributed by atoms with Crippen molar-refractivity contribution >= 4 is 43.4 Å². The van der Waals surface area contributed by atoms with Gasteiger partial charge in [-0.25, -0.2) is 0 Å². The minimum absolute atomic E-state index is 0.858. The van der Waals surface area contributed by atoms with Crippen LogP contribution in [0.3, 0.4) is 0 Å². The maximum atomic E-state index is 5.47. The van der Waals surface area contributed by atoms with E-state index in [1.54, 1.807) is 14.2 Å². The molecule has 0 bridgehead atoms. The van der Waals surface area contributed by atoms with Crippen molar-refractivity contribution < 1.29 is 9.47 Å². The number of methoxy groups -OCH3 is 2. The summed E-state index contributed by atoms with van der Waals surface area (Å²) in [5.41, 5.74) is 9.77. The number of hydrogen-bond acceptors (Lipinski definition) is 2. The predicted octanol–water partition coefficient (Wildman–Crippen LogP) is 9.61. The van der Waals surface area contributed by atoms with Crippen LogP contribution in [0.1, 0.15) is 11.1 Å². The molecular weight excluding hydrogens is 490 g/mol. The van der Waals surface area contributed by atoms with E-state index in [9.17, 15) is 0 Å². The Balaban J connectivity index is 1.73. The Morgan fingerprint density at radius 2 is 0.900 bits per heavy atom. The number of aryl methyl sites for hydroxylation is 3. The predicted molar refractivity (Wildman–Crippen MR) is 169 cm³/mol. The molecule has 6 aromatic carbocycles. The standard InChI is InChI=1S/C37H31NO2/c1-22-6-8-26-20-32(24-10-14-28(39-4)15-11-24)36-34(30(26)18-22)35-31-19-23(2)7-9-27(31)21-33(37(35)38(36)3)25-12-16-29(40-5)17-13-25/h6-21H,1-5H3. The van der Waals surface area contributed by atoms with Crippen molar-refractivity contribution in [2.45, 2.75) is 13.8 Å². The molecule has 0 unspecified atom stereocenters. The van der Waals surface area contributed by atoms with Gasteiger partial charge < -0.3 is 14.0 Å². The lowest BCUT2D eigenvalue weighted by atomic mass is 9.91. The Kier molecular flexibility index (Phi) is 5.57. The van der Waals surface area contributed by atoms with Crippen LogP contribution in [-0.4, -0.2) is 18.8 Å². The molecule has 0 saturated carbocycles. The molecule has 0 saturated heterocycles. The average Bonchev–Trinajstić information content (AvgIpc) is 3.30. The fraction of sp³-hybridized carbons (Fsp3) is 0.135. The summed E-state index contributed by atoms with van der Waals surface area (Å²) in [6.07, 6.45) is 0. The second-order valence-electron chi connectivity index (χ2n) is 10.8. The summed E-state index contributed by atoms with van der Waals surface area (Å²) in [5, 5.41) is 7.66. The SMILES string of the molecule is COc1ccc(-c2cc3ccc(C)cc3c3c4c5cc(C)ccc5cc(-c5ccc(OC)cc5)c4n(C)c23)cc1. The van der Waals surface area contributed by atoms with E-state index < -0.39 is 0 Å². The summed E-state index contributed by atoms with van der Waals surface area (Å²) in [7, 11) is 5.64. The fourth-order valence-electron chi connectivity index (χ4n) is 6.29. The van der Waals surface area contributed by atoms with Crippen molar-refractivity contribution in [3.05, 3.63) is 108 Å². The molecule has 0 atom stereocenters. The lowest BCUT2D eigenvalue weighted by molar-refractivity contribution is 0.415. The Hall–Kier alpha value is -4.76. The fourth-order valence-corrected chi connectivity index (χ4v) is 6.29. The van der Waals surface area contributed by atoms with Crippen molar-refractivity contribution in [1.82, 2.24) is 4.57 Å². The van der Waals surface area contributed by atoms with E-state index in [-0.39, 0.29) is 0 Å². The molecule has 0 amide bonds. The lowest BCUT2D eigenvalue weighted by Crippen LogP contribution is -1.93. The van der Waals surface area contributed by atoms with Gasteiger partial charge in [0.1, 0.15) is 11.5 Å². The van der Waals surface area contributed by atoms with Gasteiger partial charge in [0.05, 0.1) is 25.3 Å². The zero-order valence-corrected chi connectivity index (χ0v) is 23.5. The van der Waals surface area contributed by atoms with Crippen LogP contribution in [0.25, 0.3) is 65.6 Å². The summed E-state index contributed by atoms with van der Waals surface area (Å²) < 4.78 is 13.4. The maximum Gasteiger partial charge on any atom is 0.118 e. The van der Waals surface area contributed by atoms with Crippen LogP contribution >= 0.6 is 0 Å². The molecule has 196 valence electrons. The number of hydrogen-bond donors (Lipinski definition) is 0. The third-order valence-electron chi connectivity index (χ3n) is 8.26.